The molecule has 0 aliphatic carbocycles. The Morgan fingerprint density at radius 2 is 1.94 bits per heavy atom. The number of pyridine rings is 1. The van der Waals surface area contributed by atoms with Crippen molar-refractivity contribution in [2.45, 2.75) is 12.8 Å². The van der Waals surface area contributed by atoms with Gasteiger partial charge in [-0.25, -0.2) is 13.8 Å². The van der Waals surface area contributed by atoms with Crippen LogP contribution in [0.1, 0.15) is 12.1 Å². The van der Waals surface area contributed by atoms with Crippen LogP contribution in [0.2, 0.25) is 5.02 Å². The van der Waals surface area contributed by atoms with Gasteiger partial charge in [0.25, 0.3) is 6.43 Å². The fourth-order valence-electron chi connectivity index (χ4n) is 0.978. The highest BCUT2D eigenvalue weighted by Gasteiger charge is 2.36. The first-order valence-electron chi connectivity index (χ1n) is 4.02. The molecule has 3 nitrogen and oxygen atoms in total. The van der Waals surface area contributed by atoms with Crippen molar-refractivity contribution < 1.29 is 31.4 Å². The molecule has 17 heavy (non-hydrogen) atoms. The molecule has 0 radical (unpaired) electrons. The molecule has 96 valence electrons. The van der Waals surface area contributed by atoms with Gasteiger partial charge in [0.1, 0.15) is 5.02 Å². The topological polar surface area (TPSA) is 31.4 Å². The van der Waals surface area contributed by atoms with Gasteiger partial charge in [-0.3, -0.25) is 0 Å². The van der Waals surface area contributed by atoms with E-state index in [1.807, 2.05) is 0 Å². The zero-order valence-electron chi connectivity index (χ0n) is 8.19. The van der Waals surface area contributed by atoms with Crippen molar-refractivity contribution in [3.63, 3.8) is 0 Å². The Kier molecular flexibility index (Phi) is 3.97. The molecule has 1 rings (SSSR count). The van der Waals surface area contributed by atoms with Crippen molar-refractivity contribution in [3.05, 3.63) is 16.9 Å². The molecule has 0 amide bonds. The van der Waals surface area contributed by atoms with Crippen molar-refractivity contribution in [2.24, 2.45) is 0 Å². The Bertz CT molecular complexity index is 410. The van der Waals surface area contributed by atoms with Crippen LogP contribution < -0.4 is 9.47 Å². The van der Waals surface area contributed by atoms with Gasteiger partial charge in [0.15, 0.2) is 17.2 Å². The summed E-state index contributed by atoms with van der Waals surface area (Å²) >= 11 is 5.44. The molecule has 0 bridgehead atoms. The van der Waals surface area contributed by atoms with Gasteiger partial charge < -0.3 is 9.47 Å². The van der Waals surface area contributed by atoms with E-state index in [2.05, 4.69) is 14.5 Å². The van der Waals surface area contributed by atoms with Gasteiger partial charge >= 0.3 is 6.36 Å². The van der Waals surface area contributed by atoms with Crippen LogP contribution in [-0.2, 0) is 0 Å². The van der Waals surface area contributed by atoms with Crippen LogP contribution in [0.5, 0.6) is 11.5 Å². The van der Waals surface area contributed by atoms with E-state index < -0.39 is 29.3 Å². The summed E-state index contributed by atoms with van der Waals surface area (Å²) in [5, 5.41) is -0.713. The van der Waals surface area contributed by atoms with Gasteiger partial charge in [0, 0.05) is 0 Å². The summed E-state index contributed by atoms with van der Waals surface area (Å²) in [7, 11) is 1.10. The summed E-state index contributed by atoms with van der Waals surface area (Å²) in [5.74, 6) is -1.55. The standard InChI is InChI=1S/C8H5ClF5NO2/c1-16-3-2-15-5(7(10)11)6(4(3)9)17-8(12,13)14/h2,7H,1H3. The third-order valence-corrected chi connectivity index (χ3v) is 1.97. The molecular formula is C8H5ClF5NO2. The minimum Gasteiger partial charge on any atom is -0.493 e. The molecular weight excluding hydrogens is 273 g/mol. The molecule has 0 aliphatic heterocycles. The number of aromatic nitrogens is 1. The van der Waals surface area contributed by atoms with E-state index in [9.17, 15) is 22.0 Å². The lowest BCUT2D eigenvalue weighted by molar-refractivity contribution is -0.275. The van der Waals surface area contributed by atoms with Crippen LogP contribution in [0, 0.1) is 0 Å². The first kappa shape index (κ1) is 13.8. The lowest BCUT2D eigenvalue weighted by Crippen LogP contribution is -2.19. The van der Waals surface area contributed by atoms with Crippen LogP contribution in [0.15, 0.2) is 6.20 Å². The summed E-state index contributed by atoms with van der Waals surface area (Å²) < 4.78 is 68.8. The highest BCUT2D eigenvalue weighted by Crippen LogP contribution is 2.41. The molecule has 0 saturated heterocycles. The molecule has 0 N–H and O–H groups in total. The molecule has 0 spiro atoms. The largest absolute Gasteiger partial charge is 0.573 e. The van der Waals surface area contributed by atoms with Gasteiger partial charge in [-0.2, -0.15) is 0 Å². The van der Waals surface area contributed by atoms with Crippen LogP contribution >= 0.6 is 11.6 Å². The van der Waals surface area contributed by atoms with Gasteiger partial charge in [0.05, 0.1) is 13.3 Å². The first-order valence-corrected chi connectivity index (χ1v) is 4.40. The fraction of sp³-hybridized carbons (Fsp3) is 0.375. The second kappa shape index (κ2) is 4.91. The van der Waals surface area contributed by atoms with Crippen LogP contribution in [-0.4, -0.2) is 18.5 Å². The average Bonchev–Trinajstić information content (AvgIpc) is 2.18. The second-order valence-corrected chi connectivity index (χ2v) is 3.08. The monoisotopic (exact) mass is 277 g/mol. The maximum Gasteiger partial charge on any atom is 0.573 e. The van der Waals surface area contributed by atoms with Crippen LogP contribution in [0.4, 0.5) is 22.0 Å². The third kappa shape index (κ3) is 3.32. The highest BCUT2D eigenvalue weighted by atomic mass is 35.5. The van der Waals surface area contributed by atoms with E-state index in [1.165, 1.54) is 0 Å². The van der Waals surface area contributed by atoms with E-state index in [0.717, 1.165) is 13.3 Å². The quantitative estimate of drug-likeness (QED) is 0.791. The second-order valence-electron chi connectivity index (χ2n) is 2.70. The summed E-state index contributed by atoms with van der Waals surface area (Å²) in [4.78, 5) is 3.11. The zero-order chi connectivity index (χ0) is 13.2. The molecule has 0 unspecified atom stereocenters. The Labute approximate surface area is 97.1 Å². The number of alkyl halides is 5. The number of halogens is 6. The van der Waals surface area contributed by atoms with Gasteiger partial charge in [-0.15, -0.1) is 13.2 Å². The Hall–Kier alpha value is -1.31. The SMILES string of the molecule is COc1cnc(C(F)F)c(OC(F)(F)F)c1Cl. The van der Waals surface area contributed by atoms with E-state index in [1.54, 1.807) is 0 Å². The van der Waals surface area contributed by atoms with Crippen molar-refractivity contribution in [2.75, 3.05) is 7.11 Å². The molecule has 0 saturated carbocycles. The highest BCUT2D eigenvalue weighted by molar-refractivity contribution is 6.33. The smallest absolute Gasteiger partial charge is 0.493 e. The number of nitrogens with zero attached hydrogens (tertiary/aromatic N) is 1. The molecule has 0 atom stereocenters. The van der Waals surface area contributed by atoms with E-state index in [4.69, 9.17) is 11.6 Å². The number of hydrogen-bond acceptors (Lipinski definition) is 3. The molecule has 0 aromatic carbocycles. The van der Waals surface area contributed by atoms with Crippen molar-refractivity contribution >= 4 is 11.6 Å². The lowest BCUT2D eigenvalue weighted by atomic mass is 10.3. The number of hydrogen-bond donors (Lipinski definition) is 0. The average molecular weight is 278 g/mol. The van der Waals surface area contributed by atoms with Crippen molar-refractivity contribution in [3.8, 4) is 11.5 Å². The summed E-state index contributed by atoms with van der Waals surface area (Å²) in [5.41, 5.74) is -1.20. The minimum absolute atomic E-state index is 0.296. The lowest BCUT2D eigenvalue weighted by Gasteiger charge is -2.15. The van der Waals surface area contributed by atoms with Crippen molar-refractivity contribution in [1.29, 1.82) is 0 Å². The molecule has 0 fully saturated rings. The molecule has 0 aliphatic rings. The number of ether oxygens (including phenoxy) is 2. The molecule has 9 heteroatoms. The van der Waals surface area contributed by atoms with E-state index >= 15 is 0 Å². The summed E-state index contributed by atoms with van der Waals surface area (Å²) in [6.45, 7) is 0. The number of methoxy groups -OCH3 is 1. The zero-order valence-corrected chi connectivity index (χ0v) is 8.94. The van der Waals surface area contributed by atoms with Crippen LogP contribution in [0.3, 0.4) is 0 Å². The maximum atomic E-state index is 12.4. The van der Waals surface area contributed by atoms with Gasteiger partial charge in [-0.1, -0.05) is 11.6 Å². The van der Waals surface area contributed by atoms with E-state index in [-0.39, 0.29) is 5.75 Å². The predicted molar refractivity (Wildman–Crippen MR) is 47.4 cm³/mol. The minimum atomic E-state index is -5.15. The summed E-state index contributed by atoms with van der Waals surface area (Å²) in [6.07, 6.45) is -7.62. The van der Waals surface area contributed by atoms with E-state index in [0.29, 0.717) is 0 Å². The first-order chi connectivity index (χ1) is 7.76. The Balaban J connectivity index is 3.30. The van der Waals surface area contributed by atoms with Crippen molar-refractivity contribution in [1.82, 2.24) is 4.98 Å². The summed E-state index contributed by atoms with van der Waals surface area (Å²) in [6, 6.07) is 0. The van der Waals surface area contributed by atoms with Crippen LogP contribution in [0.25, 0.3) is 0 Å². The third-order valence-electron chi connectivity index (χ3n) is 1.61. The van der Waals surface area contributed by atoms with Gasteiger partial charge in [-0.05, 0) is 0 Å². The predicted octanol–water partition coefficient (Wildman–Crippen LogP) is 3.58. The van der Waals surface area contributed by atoms with Gasteiger partial charge in [0.2, 0.25) is 0 Å². The normalized spacial score (nSPS) is 11.8. The fourth-order valence-corrected chi connectivity index (χ4v) is 1.24. The molecule has 1 aromatic heterocycles. The Morgan fingerprint density at radius 1 is 1.35 bits per heavy atom. The Morgan fingerprint density at radius 3 is 2.35 bits per heavy atom. The molecule has 1 aromatic rings. The molecule has 1 heterocycles. The maximum absolute atomic E-state index is 12.4. The number of rotatable bonds is 3.